The minimum absolute atomic E-state index is 0.141. The Bertz CT molecular complexity index is 1180. The lowest BCUT2D eigenvalue weighted by atomic mass is 9.77. The van der Waals surface area contributed by atoms with Gasteiger partial charge in [0.1, 0.15) is 12.9 Å². The van der Waals surface area contributed by atoms with E-state index in [4.69, 9.17) is 4.74 Å². The number of aliphatic hydroxyl groups excluding tert-OH is 1. The molecular weight excluding hydrogens is 450 g/mol. The Kier molecular flexibility index (Phi) is 5.41. The number of amides is 1. The Labute approximate surface area is 202 Å². The fourth-order valence-electron chi connectivity index (χ4n) is 5.76. The van der Waals surface area contributed by atoms with Crippen LogP contribution in [0.5, 0.6) is 0 Å². The number of carbonyl (C=O) groups excluding carboxylic acids is 2. The van der Waals surface area contributed by atoms with Gasteiger partial charge >= 0.3 is 5.97 Å². The highest BCUT2D eigenvalue weighted by Gasteiger charge is 2.51. The molecule has 0 aromatic carbocycles. The third kappa shape index (κ3) is 3.92. The zero-order chi connectivity index (χ0) is 24.2. The van der Waals surface area contributed by atoms with Crippen LogP contribution < -0.4 is 0 Å². The summed E-state index contributed by atoms with van der Waals surface area (Å²) in [5, 5.41) is 22.0. The number of β-amino-alcohol motifs (C(OH)–C–C–N with tert-alkyl or cyclic N) is 1. The van der Waals surface area contributed by atoms with Crippen LogP contribution >= 0.6 is 0 Å². The number of carbonyl (C=O) groups is 2. The summed E-state index contributed by atoms with van der Waals surface area (Å²) in [6, 6.07) is 3.66. The van der Waals surface area contributed by atoms with Gasteiger partial charge in [-0.1, -0.05) is 6.07 Å². The number of piperidine rings is 1. The number of hydrogen-bond acceptors (Lipinski definition) is 9. The van der Waals surface area contributed by atoms with Gasteiger partial charge in [0.2, 0.25) is 5.91 Å². The highest BCUT2D eigenvalue weighted by Crippen LogP contribution is 2.47. The second-order valence-electron chi connectivity index (χ2n) is 10.1. The number of aromatic nitrogens is 5. The number of tetrazole rings is 1. The molecule has 1 spiro atoms. The molecule has 2 aromatic heterocycles. The molecule has 2 aromatic rings. The van der Waals surface area contributed by atoms with Gasteiger partial charge in [0, 0.05) is 24.3 Å². The van der Waals surface area contributed by atoms with Crippen molar-refractivity contribution in [1.29, 1.82) is 0 Å². The van der Waals surface area contributed by atoms with Crippen LogP contribution in [0.2, 0.25) is 0 Å². The Morgan fingerprint density at radius 1 is 1.17 bits per heavy atom. The van der Waals surface area contributed by atoms with Gasteiger partial charge in [-0.3, -0.25) is 4.79 Å². The van der Waals surface area contributed by atoms with Crippen molar-refractivity contribution < 1.29 is 19.4 Å². The van der Waals surface area contributed by atoms with Gasteiger partial charge < -0.3 is 19.6 Å². The van der Waals surface area contributed by atoms with Crippen molar-refractivity contribution in [3.8, 4) is 5.82 Å². The first-order valence-corrected chi connectivity index (χ1v) is 12.3. The van der Waals surface area contributed by atoms with E-state index < -0.39 is 6.10 Å². The zero-order valence-corrected chi connectivity index (χ0v) is 19.8. The van der Waals surface area contributed by atoms with Gasteiger partial charge in [0.25, 0.3) is 0 Å². The fraction of sp³-hybridized carbons (Fsp3) is 0.583. The molecule has 1 N–H and O–H groups in total. The van der Waals surface area contributed by atoms with Crippen LogP contribution in [0.3, 0.4) is 0 Å². The SMILES string of the molecule is Cc1nc(-n2cnnn2)ccc1C(O)CN1CCC2(CC1)CCN(C1=C(C3CC3)C(=O)OC1)C2=O. The van der Waals surface area contributed by atoms with Crippen molar-refractivity contribution in [3.63, 3.8) is 0 Å². The lowest BCUT2D eigenvalue weighted by molar-refractivity contribution is -0.138. The molecule has 1 amide bonds. The molecule has 1 saturated carbocycles. The average molecular weight is 480 g/mol. The normalized spacial score (nSPS) is 23.4. The number of aliphatic hydroxyl groups is 1. The van der Waals surface area contributed by atoms with E-state index in [9.17, 15) is 14.7 Å². The molecule has 184 valence electrons. The number of likely N-dealkylation sites (tertiary alicyclic amines) is 2. The number of hydrogen-bond donors (Lipinski definition) is 1. The average Bonchev–Trinajstić information content (AvgIpc) is 3.24. The molecule has 3 aliphatic heterocycles. The van der Waals surface area contributed by atoms with Crippen LogP contribution in [0, 0.1) is 18.3 Å². The summed E-state index contributed by atoms with van der Waals surface area (Å²) in [5.41, 5.74) is 2.68. The Hall–Kier alpha value is -3.18. The van der Waals surface area contributed by atoms with Gasteiger partial charge in [-0.15, -0.1) is 5.10 Å². The van der Waals surface area contributed by atoms with E-state index in [1.54, 1.807) is 6.07 Å². The highest BCUT2D eigenvalue weighted by molar-refractivity contribution is 5.95. The minimum atomic E-state index is -0.678. The summed E-state index contributed by atoms with van der Waals surface area (Å²) < 4.78 is 6.78. The van der Waals surface area contributed by atoms with Crippen molar-refractivity contribution in [1.82, 2.24) is 35.0 Å². The van der Waals surface area contributed by atoms with Crippen molar-refractivity contribution in [2.45, 2.75) is 45.1 Å². The first kappa shape index (κ1) is 22.3. The van der Waals surface area contributed by atoms with E-state index >= 15 is 0 Å². The van der Waals surface area contributed by atoms with Crippen molar-refractivity contribution >= 4 is 11.9 Å². The quantitative estimate of drug-likeness (QED) is 0.602. The standard InChI is InChI=1S/C24H29N7O4/c1-15-17(4-5-20(26-15)31-14-25-27-28-31)19(32)12-29-9-6-24(7-10-29)8-11-30(23(24)34)18-13-35-22(33)21(18)16-2-3-16/h4-5,14,16,19,32H,2-3,6-13H2,1H3. The second-order valence-corrected chi connectivity index (χ2v) is 10.1. The number of pyridine rings is 1. The smallest absolute Gasteiger partial charge is 0.336 e. The van der Waals surface area contributed by atoms with E-state index in [1.165, 1.54) is 11.0 Å². The van der Waals surface area contributed by atoms with Crippen molar-refractivity contribution in [2.75, 3.05) is 32.8 Å². The van der Waals surface area contributed by atoms with Crippen LogP contribution in [0.4, 0.5) is 0 Å². The largest absolute Gasteiger partial charge is 0.456 e. The van der Waals surface area contributed by atoms with Crippen molar-refractivity contribution in [3.05, 3.63) is 41.0 Å². The number of rotatable bonds is 6. The predicted molar refractivity (Wildman–Crippen MR) is 122 cm³/mol. The molecule has 11 nitrogen and oxygen atoms in total. The van der Waals surface area contributed by atoms with E-state index in [2.05, 4.69) is 25.4 Å². The molecule has 5 heterocycles. The molecule has 1 aliphatic carbocycles. The van der Waals surface area contributed by atoms with Crippen LogP contribution in [0.15, 0.2) is 29.7 Å². The van der Waals surface area contributed by atoms with Gasteiger partial charge in [0.15, 0.2) is 5.82 Å². The molecule has 1 unspecified atom stereocenters. The van der Waals surface area contributed by atoms with E-state index in [0.29, 0.717) is 18.9 Å². The maximum atomic E-state index is 13.5. The summed E-state index contributed by atoms with van der Waals surface area (Å²) in [6.45, 7) is 4.73. The van der Waals surface area contributed by atoms with E-state index in [1.807, 2.05) is 17.9 Å². The molecule has 2 saturated heterocycles. The molecule has 1 atom stereocenters. The monoisotopic (exact) mass is 479 g/mol. The lowest BCUT2D eigenvalue weighted by Crippen LogP contribution is -2.45. The predicted octanol–water partition coefficient (Wildman–Crippen LogP) is 0.935. The first-order chi connectivity index (χ1) is 16.9. The lowest BCUT2D eigenvalue weighted by Gasteiger charge is -2.38. The van der Waals surface area contributed by atoms with Gasteiger partial charge in [-0.2, -0.15) is 4.68 Å². The minimum Gasteiger partial charge on any atom is -0.456 e. The van der Waals surface area contributed by atoms with Gasteiger partial charge in [0.05, 0.1) is 22.8 Å². The Morgan fingerprint density at radius 3 is 2.63 bits per heavy atom. The molecule has 0 bridgehead atoms. The van der Waals surface area contributed by atoms with Crippen LogP contribution in [-0.4, -0.2) is 84.8 Å². The highest BCUT2D eigenvalue weighted by atomic mass is 16.5. The number of aryl methyl sites for hydroxylation is 1. The van der Waals surface area contributed by atoms with E-state index in [-0.39, 0.29) is 29.8 Å². The Balaban J connectivity index is 1.09. The maximum absolute atomic E-state index is 13.5. The van der Waals surface area contributed by atoms with Crippen LogP contribution in [-0.2, 0) is 14.3 Å². The molecule has 35 heavy (non-hydrogen) atoms. The van der Waals surface area contributed by atoms with Crippen molar-refractivity contribution in [2.24, 2.45) is 11.3 Å². The number of cyclic esters (lactones) is 1. The number of ether oxygens (including phenoxy) is 1. The number of nitrogens with zero attached hydrogens (tertiary/aromatic N) is 7. The molecular formula is C24H29N7O4. The maximum Gasteiger partial charge on any atom is 0.336 e. The van der Waals surface area contributed by atoms with E-state index in [0.717, 1.165) is 67.7 Å². The summed E-state index contributed by atoms with van der Waals surface area (Å²) in [6.07, 6.45) is 5.13. The van der Waals surface area contributed by atoms with Gasteiger partial charge in [-0.25, -0.2) is 9.78 Å². The number of esters is 1. The first-order valence-electron chi connectivity index (χ1n) is 12.3. The summed E-state index contributed by atoms with van der Waals surface area (Å²) in [4.78, 5) is 34.3. The summed E-state index contributed by atoms with van der Waals surface area (Å²) in [7, 11) is 0. The fourth-order valence-corrected chi connectivity index (χ4v) is 5.76. The molecule has 11 heteroatoms. The second kappa shape index (κ2) is 8.49. The molecule has 6 rings (SSSR count). The third-order valence-corrected chi connectivity index (χ3v) is 7.99. The van der Waals surface area contributed by atoms with Crippen LogP contribution in [0.25, 0.3) is 5.82 Å². The molecule has 3 fully saturated rings. The topological polar surface area (TPSA) is 127 Å². The third-order valence-electron chi connectivity index (χ3n) is 7.99. The Morgan fingerprint density at radius 2 is 1.94 bits per heavy atom. The zero-order valence-electron chi connectivity index (χ0n) is 19.8. The summed E-state index contributed by atoms with van der Waals surface area (Å²) >= 11 is 0. The van der Waals surface area contributed by atoms with Crippen LogP contribution in [0.1, 0.15) is 49.5 Å². The van der Waals surface area contributed by atoms with Gasteiger partial charge in [-0.05, 0) is 74.5 Å². The molecule has 0 radical (unpaired) electrons. The summed E-state index contributed by atoms with van der Waals surface area (Å²) in [5.74, 6) is 0.771. The molecule has 4 aliphatic rings.